The van der Waals surface area contributed by atoms with Gasteiger partial charge in [0.1, 0.15) is 5.82 Å². The summed E-state index contributed by atoms with van der Waals surface area (Å²) in [7, 11) is 0. The number of benzene rings is 1. The zero-order chi connectivity index (χ0) is 21.6. The maximum Gasteiger partial charge on any atom is 0.434 e. The van der Waals surface area contributed by atoms with Crippen molar-refractivity contribution in [3.63, 3.8) is 0 Å². The molecule has 0 spiro atoms. The van der Waals surface area contributed by atoms with Crippen LogP contribution in [0.25, 0.3) is 11.4 Å². The average Bonchev–Trinajstić information content (AvgIpc) is 3.18. The third-order valence-electron chi connectivity index (χ3n) is 4.87. The number of aromatic nitrogens is 2. The van der Waals surface area contributed by atoms with Crippen LogP contribution in [0.2, 0.25) is 0 Å². The molecule has 0 amide bonds. The van der Waals surface area contributed by atoms with E-state index in [0.29, 0.717) is 24.5 Å². The van der Waals surface area contributed by atoms with Crippen molar-refractivity contribution < 1.29 is 17.9 Å². The summed E-state index contributed by atoms with van der Waals surface area (Å²) in [5, 5.41) is 3.27. The Kier molecular flexibility index (Phi) is 7.53. The smallest absolute Gasteiger partial charge is 0.379 e. The van der Waals surface area contributed by atoms with Crippen LogP contribution in [0.4, 0.5) is 13.2 Å². The van der Waals surface area contributed by atoms with Gasteiger partial charge in [0.15, 0.2) is 5.69 Å². The van der Waals surface area contributed by atoms with E-state index in [9.17, 15) is 13.2 Å². The third-order valence-corrected chi connectivity index (χ3v) is 4.87. The lowest BCUT2D eigenvalue weighted by Crippen LogP contribution is -2.36. The number of imidazole rings is 1. The van der Waals surface area contributed by atoms with Crippen molar-refractivity contribution in [3.8, 4) is 23.2 Å². The minimum atomic E-state index is -4.46. The Morgan fingerprint density at radius 2 is 1.83 bits per heavy atom. The molecule has 1 aliphatic heterocycles. The first kappa shape index (κ1) is 22.3. The normalized spacial score (nSPS) is 15.3. The summed E-state index contributed by atoms with van der Waals surface area (Å²) in [6.45, 7) is 9.03. The summed E-state index contributed by atoms with van der Waals surface area (Å²) >= 11 is 0. The highest BCUT2D eigenvalue weighted by molar-refractivity contribution is 5.57. The van der Waals surface area contributed by atoms with E-state index in [0.717, 1.165) is 44.6 Å². The van der Waals surface area contributed by atoms with Gasteiger partial charge in [0.25, 0.3) is 0 Å². The number of halogens is 3. The van der Waals surface area contributed by atoms with Gasteiger partial charge in [0, 0.05) is 37.4 Å². The molecule has 162 valence electrons. The number of hydrogen-bond donors (Lipinski definition) is 1. The predicted octanol–water partition coefficient (Wildman–Crippen LogP) is 3.58. The molecular weight excluding hydrogens is 393 g/mol. The van der Waals surface area contributed by atoms with E-state index in [1.54, 1.807) is 4.57 Å². The van der Waals surface area contributed by atoms with Gasteiger partial charge in [-0.1, -0.05) is 36.1 Å². The van der Waals surface area contributed by atoms with Crippen molar-refractivity contribution in [2.45, 2.75) is 32.6 Å². The standard InChI is InChI=1S/C22H27F3N4O/c1-17(2)29-16-20(22(23,24)25)27-21(29)19-7-5-18(6-8-19)15-26-9-3-4-10-28-11-13-30-14-12-28/h5-8,16-17,26H,9-15H2,1-2H3. The molecule has 1 aliphatic rings. The number of nitrogens with zero attached hydrogens (tertiary/aromatic N) is 3. The van der Waals surface area contributed by atoms with E-state index >= 15 is 0 Å². The maximum atomic E-state index is 13.1. The Hall–Kier alpha value is -2.34. The summed E-state index contributed by atoms with van der Waals surface area (Å²) in [6, 6.07) is 7.29. The number of hydrogen-bond acceptors (Lipinski definition) is 4. The van der Waals surface area contributed by atoms with Crippen molar-refractivity contribution in [3.05, 3.63) is 41.7 Å². The lowest BCUT2D eigenvalue weighted by molar-refractivity contribution is -0.140. The number of morpholine rings is 1. The van der Waals surface area contributed by atoms with Gasteiger partial charge in [-0.2, -0.15) is 13.2 Å². The second kappa shape index (κ2) is 10.1. The summed E-state index contributed by atoms with van der Waals surface area (Å²) in [4.78, 5) is 6.09. The molecule has 30 heavy (non-hydrogen) atoms. The van der Waals surface area contributed by atoms with Crippen LogP contribution in [-0.4, -0.2) is 53.8 Å². The van der Waals surface area contributed by atoms with Crippen LogP contribution in [-0.2, 0) is 17.5 Å². The lowest BCUT2D eigenvalue weighted by Gasteiger charge is -2.24. The average molecular weight is 420 g/mol. The van der Waals surface area contributed by atoms with Gasteiger partial charge < -0.3 is 14.6 Å². The van der Waals surface area contributed by atoms with Gasteiger partial charge in [-0.25, -0.2) is 4.98 Å². The maximum absolute atomic E-state index is 13.1. The van der Waals surface area contributed by atoms with Crippen molar-refractivity contribution in [1.29, 1.82) is 0 Å². The summed E-state index contributed by atoms with van der Waals surface area (Å²) in [5.41, 5.74) is 0.827. The number of nitrogens with one attached hydrogen (secondary N) is 1. The van der Waals surface area contributed by atoms with Crippen LogP contribution in [0.3, 0.4) is 0 Å². The largest absolute Gasteiger partial charge is 0.434 e. The van der Waals surface area contributed by atoms with Gasteiger partial charge >= 0.3 is 6.18 Å². The van der Waals surface area contributed by atoms with Crippen molar-refractivity contribution in [1.82, 2.24) is 19.8 Å². The highest BCUT2D eigenvalue weighted by Gasteiger charge is 2.35. The minimum Gasteiger partial charge on any atom is -0.379 e. The van der Waals surface area contributed by atoms with E-state index in [4.69, 9.17) is 4.74 Å². The molecule has 1 aromatic carbocycles. The quantitative estimate of drug-likeness (QED) is 0.573. The summed E-state index contributed by atoms with van der Waals surface area (Å²) in [6.07, 6.45) is -3.38. The third kappa shape index (κ3) is 6.08. The molecule has 3 rings (SSSR count). The molecule has 0 radical (unpaired) electrons. The second-order valence-corrected chi connectivity index (χ2v) is 7.49. The van der Waals surface area contributed by atoms with Gasteiger partial charge in [-0.15, -0.1) is 0 Å². The number of alkyl halides is 3. The zero-order valence-corrected chi connectivity index (χ0v) is 17.3. The van der Waals surface area contributed by atoms with Gasteiger partial charge in [0.2, 0.25) is 0 Å². The predicted molar refractivity (Wildman–Crippen MR) is 110 cm³/mol. The Labute approximate surface area is 175 Å². The van der Waals surface area contributed by atoms with Crippen LogP contribution in [0.5, 0.6) is 0 Å². The topological polar surface area (TPSA) is 42.3 Å². The van der Waals surface area contributed by atoms with E-state index in [1.165, 1.54) is 0 Å². The van der Waals surface area contributed by atoms with E-state index in [1.807, 2.05) is 38.1 Å². The lowest BCUT2D eigenvalue weighted by atomic mass is 10.1. The molecule has 0 unspecified atom stereocenters. The number of ether oxygens (including phenoxy) is 1. The van der Waals surface area contributed by atoms with Gasteiger partial charge in [-0.3, -0.25) is 4.90 Å². The Morgan fingerprint density at radius 3 is 2.47 bits per heavy atom. The monoisotopic (exact) mass is 420 g/mol. The van der Waals surface area contributed by atoms with Crippen LogP contribution in [0, 0.1) is 11.8 Å². The van der Waals surface area contributed by atoms with Crippen LogP contribution >= 0.6 is 0 Å². The molecule has 0 atom stereocenters. The fourth-order valence-corrected chi connectivity index (χ4v) is 3.17. The fraction of sp³-hybridized carbons (Fsp3) is 0.500. The fourth-order valence-electron chi connectivity index (χ4n) is 3.17. The van der Waals surface area contributed by atoms with E-state index < -0.39 is 11.9 Å². The number of rotatable bonds is 6. The Morgan fingerprint density at radius 1 is 1.13 bits per heavy atom. The van der Waals surface area contributed by atoms with Gasteiger partial charge in [-0.05, 0) is 19.4 Å². The highest BCUT2D eigenvalue weighted by atomic mass is 19.4. The Balaban J connectivity index is 1.55. The molecule has 0 aliphatic carbocycles. The van der Waals surface area contributed by atoms with Crippen LogP contribution in [0.1, 0.15) is 31.1 Å². The molecule has 1 N–H and O–H groups in total. The van der Waals surface area contributed by atoms with E-state index in [2.05, 4.69) is 27.0 Å². The van der Waals surface area contributed by atoms with Crippen LogP contribution in [0.15, 0.2) is 30.5 Å². The van der Waals surface area contributed by atoms with Crippen molar-refractivity contribution >= 4 is 0 Å². The summed E-state index contributed by atoms with van der Waals surface area (Å²) < 4.78 is 46.0. The molecule has 0 saturated carbocycles. The van der Waals surface area contributed by atoms with Crippen molar-refractivity contribution in [2.75, 3.05) is 39.4 Å². The highest BCUT2D eigenvalue weighted by Crippen LogP contribution is 2.32. The van der Waals surface area contributed by atoms with Gasteiger partial charge in [0.05, 0.1) is 26.3 Å². The summed E-state index contributed by atoms with van der Waals surface area (Å²) in [5.74, 6) is 6.60. The molecular formula is C22H27F3N4O. The molecule has 1 fully saturated rings. The molecule has 8 heteroatoms. The zero-order valence-electron chi connectivity index (χ0n) is 17.3. The molecule has 1 saturated heterocycles. The first-order valence-electron chi connectivity index (χ1n) is 10.1. The second-order valence-electron chi connectivity index (χ2n) is 7.49. The molecule has 5 nitrogen and oxygen atoms in total. The van der Waals surface area contributed by atoms with E-state index in [-0.39, 0.29) is 6.04 Å². The minimum absolute atomic E-state index is 0.124. The Bertz CT molecular complexity index is 873. The van der Waals surface area contributed by atoms with Crippen LogP contribution < -0.4 is 5.32 Å². The molecule has 2 heterocycles. The molecule has 0 bridgehead atoms. The molecule has 2 aromatic rings. The SMILES string of the molecule is CC(C)n1cc(C(F)(F)F)nc1-c1ccc(CNCC#CCN2CCOCC2)cc1. The first-order valence-corrected chi connectivity index (χ1v) is 10.1. The van der Waals surface area contributed by atoms with Crippen molar-refractivity contribution in [2.24, 2.45) is 0 Å². The first-order chi connectivity index (χ1) is 14.3. The molecule has 1 aromatic heterocycles.